The number of fused-ring (bicyclic) bond motifs is 1. The number of halogens is 2. The number of pyridine rings is 1. The minimum Gasteiger partial charge on any atom is -0.329 e. The fourth-order valence-electron chi connectivity index (χ4n) is 2.30. The second-order valence-electron chi connectivity index (χ2n) is 4.52. The zero-order valence-electron chi connectivity index (χ0n) is 10.6. The van der Waals surface area contributed by atoms with Crippen molar-refractivity contribution in [2.45, 2.75) is 13.0 Å². The van der Waals surface area contributed by atoms with Gasteiger partial charge in [0.25, 0.3) is 0 Å². The predicted molar refractivity (Wildman–Crippen MR) is 87.9 cm³/mol. The molecule has 0 amide bonds. The second-order valence-corrected chi connectivity index (χ2v) is 6.23. The Morgan fingerprint density at radius 2 is 2.15 bits per heavy atom. The lowest BCUT2D eigenvalue weighted by Gasteiger charge is -2.15. The predicted octanol–water partition coefficient (Wildman–Crippen LogP) is 5.12. The van der Waals surface area contributed by atoms with Gasteiger partial charge < -0.3 is 4.98 Å². The highest BCUT2D eigenvalue weighted by Crippen LogP contribution is 2.28. The summed E-state index contributed by atoms with van der Waals surface area (Å²) >= 11 is 15.1. The third kappa shape index (κ3) is 2.30. The van der Waals surface area contributed by atoms with Gasteiger partial charge in [-0.1, -0.05) is 29.8 Å². The summed E-state index contributed by atoms with van der Waals surface area (Å²) in [6.45, 7) is 2.06. The normalized spacial score (nSPS) is 12.8. The van der Waals surface area contributed by atoms with E-state index >= 15 is 0 Å². The van der Waals surface area contributed by atoms with Crippen LogP contribution >= 0.6 is 39.7 Å². The number of rotatable bonds is 2. The Kier molecular flexibility index (Phi) is 3.67. The number of imidazole rings is 1. The molecular formula is C14H11BrClN3S. The van der Waals surface area contributed by atoms with Gasteiger partial charge in [-0.05, 0) is 52.8 Å². The zero-order valence-corrected chi connectivity index (χ0v) is 13.8. The Morgan fingerprint density at radius 1 is 1.40 bits per heavy atom. The van der Waals surface area contributed by atoms with E-state index in [-0.39, 0.29) is 6.04 Å². The first-order chi connectivity index (χ1) is 9.58. The first kappa shape index (κ1) is 13.8. The molecule has 0 aliphatic heterocycles. The van der Waals surface area contributed by atoms with Crippen LogP contribution in [0.5, 0.6) is 0 Å². The molecule has 0 aliphatic carbocycles. The molecular weight excluding hydrogens is 358 g/mol. The van der Waals surface area contributed by atoms with Crippen LogP contribution in [0.2, 0.25) is 5.02 Å². The van der Waals surface area contributed by atoms with Gasteiger partial charge in [-0.15, -0.1) is 0 Å². The van der Waals surface area contributed by atoms with Crippen molar-refractivity contribution < 1.29 is 0 Å². The van der Waals surface area contributed by atoms with Gasteiger partial charge in [-0.2, -0.15) is 0 Å². The molecule has 0 saturated heterocycles. The molecule has 0 saturated carbocycles. The van der Waals surface area contributed by atoms with Gasteiger partial charge in [0.15, 0.2) is 10.4 Å². The van der Waals surface area contributed by atoms with Crippen LogP contribution in [0.4, 0.5) is 0 Å². The van der Waals surface area contributed by atoms with Crippen LogP contribution in [0.1, 0.15) is 18.5 Å². The molecule has 0 bridgehead atoms. The first-order valence-electron chi connectivity index (χ1n) is 6.08. The van der Waals surface area contributed by atoms with E-state index in [1.54, 1.807) is 6.20 Å². The van der Waals surface area contributed by atoms with Crippen LogP contribution in [-0.4, -0.2) is 14.5 Å². The van der Waals surface area contributed by atoms with Crippen molar-refractivity contribution in [3.63, 3.8) is 0 Å². The molecule has 3 rings (SSSR count). The number of nitrogens with one attached hydrogen (secondary N) is 1. The smallest absolute Gasteiger partial charge is 0.179 e. The molecule has 1 atom stereocenters. The number of aromatic amines is 1. The van der Waals surface area contributed by atoms with E-state index < -0.39 is 0 Å². The molecule has 0 aliphatic rings. The minimum absolute atomic E-state index is 0.0126. The van der Waals surface area contributed by atoms with E-state index in [0.29, 0.717) is 4.77 Å². The summed E-state index contributed by atoms with van der Waals surface area (Å²) in [6.07, 6.45) is 1.76. The lowest BCUT2D eigenvalue weighted by Crippen LogP contribution is -2.08. The van der Waals surface area contributed by atoms with Crippen LogP contribution in [0.3, 0.4) is 0 Å². The van der Waals surface area contributed by atoms with E-state index in [1.165, 1.54) is 0 Å². The lowest BCUT2D eigenvalue weighted by atomic mass is 10.1. The van der Waals surface area contributed by atoms with Crippen molar-refractivity contribution >= 4 is 50.9 Å². The molecule has 20 heavy (non-hydrogen) atoms. The third-order valence-corrected chi connectivity index (χ3v) is 4.34. The van der Waals surface area contributed by atoms with Crippen molar-refractivity contribution in [3.8, 4) is 0 Å². The van der Waals surface area contributed by atoms with E-state index in [4.69, 9.17) is 23.8 Å². The van der Waals surface area contributed by atoms with Gasteiger partial charge in [-0.25, -0.2) is 4.98 Å². The SMILES string of the molecule is CC(c1ccccc1Cl)n1c(=S)[nH]c2cc(Br)cnc21. The van der Waals surface area contributed by atoms with Crippen LogP contribution in [0.25, 0.3) is 11.2 Å². The van der Waals surface area contributed by atoms with Crippen LogP contribution in [-0.2, 0) is 0 Å². The fraction of sp³-hybridized carbons (Fsp3) is 0.143. The van der Waals surface area contributed by atoms with E-state index in [0.717, 1.165) is 26.2 Å². The van der Waals surface area contributed by atoms with Crippen molar-refractivity contribution in [1.29, 1.82) is 0 Å². The monoisotopic (exact) mass is 367 g/mol. The van der Waals surface area contributed by atoms with Gasteiger partial charge in [-0.3, -0.25) is 4.57 Å². The molecule has 0 spiro atoms. The number of H-pyrrole nitrogens is 1. The average molecular weight is 369 g/mol. The maximum absolute atomic E-state index is 6.28. The summed E-state index contributed by atoms with van der Waals surface area (Å²) < 4.78 is 3.54. The molecule has 3 aromatic rings. The van der Waals surface area contributed by atoms with Crippen molar-refractivity contribution in [3.05, 3.63) is 56.4 Å². The zero-order chi connectivity index (χ0) is 14.3. The molecule has 0 fully saturated rings. The molecule has 2 aromatic heterocycles. The van der Waals surface area contributed by atoms with Gasteiger partial charge in [0.2, 0.25) is 0 Å². The molecule has 3 nitrogen and oxygen atoms in total. The Hall–Kier alpha value is -1.17. The Bertz CT molecular complexity index is 840. The maximum atomic E-state index is 6.28. The Labute approximate surface area is 134 Å². The highest BCUT2D eigenvalue weighted by atomic mass is 79.9. The highest BCUT2D eigenvalue weighted by molar-refractivity contribution is 9.10. The highest BCUT2D eigenvalue weighted by Gasteiger charge is 2.16. The number of aromatic nitrogens is 3. The molecule has 6 heteroatoms. The number of nitrogens with zero attached hydrogens (tertiary/aromatic N) is 2. The molecule has 1 unspecified atom stereocenters. The first-order valence-corrected chi connectivity index (χ1v) is 7.66. The lowest BCUT2D eigenvalue weighted by molar-refractivity contribution is 0.644. The Balaban J connectivity index is 2.22. The van der Waals surface area contributed by atoms with Crippen molar-refractivity contribution in [2.24, 2.45) is 0 Å². The van der Waals surface area contributed by atoms with Gasteiger partial charge in [0, 0.05) is 15.7 Å². The summed E-state index contributed by atoms with van der Waals surface area (Å²) in [4.78, 5) is 7.63. The summed E-state index contributed by atoms with van der Waals surface area (Å²) in [5, 5.41) is 0.730. The van der Waals surface area contributed by atoms with Crippen molar-refractivity contribution in [2.75, 3.05) is 0 Å². The molecule has 1 N–H and O–H groups in total. The van der Waals surface area contributed by atoms with E-state index in [2.05, 4.69) is 32.8 Å². The van der Waals surface area contributed by atoms with Crippen molar-refractivity contribution in [1.82, 2.24) is 14.5 Å². The second kappa shape index (κ2) is 5.31. The minimum atomic E-state index is 0.0126. The van der Waals surface area contributed by atoms with Crippen LogP contribution < -0.4 is 0 Å². The maximum Gasteiger partial charge on any atom is 0.179 e. The number of benzene rings is 1. The van der Waals surface area contributed by atoms with Gasteiger partial charge >= 0.3 is 0 Å². The number of hydrogen-bond donors (Lipinski definition) is 1. The molecule has 102 valence electrons. The van der Waals surface area contributed by atoms with Crippen LogP contribution in [0, 0.1) is 4.77 Å². The fourth-order valence-corrected chi connectivity index (χ4v) is 3.28. The summed E-state index contributed by atoms with van der Waals surface area (Å²) in [7, 11) is 0. The van der Waals surface area contributed by atoms with Crippen LogP contribution in [0.15, 0.2) is 41.0 Å². The summed E-state index contributed by atoms with van der Waals surface area (Å²) in [6, 6.07) is 9.76. The molecule has 0 radical (unpaired) electrons. The largest absolute Gasteiger partial charge is 0.329 e. The molecule has 1 aromatic carbocycles. The quantitative estimate of drug-likeness (QED) is 0.637. The summed E-state index contributed by atoms with van der Waals surface area (Å²) in [5.74, 6) is 0. The van der Waals surface area contributed by atoms with Gasteiger partial charge in [0.1, 0.15) is 0 Å². The Morgan fingerprint density at radius 3 is 2.90 bits per heavy atom. The average Bonchev–Trinajstić information content (AvgIpc) is 2.73. The summed E-state index contributed by atoms with van der Waals surface area (Å²) in [5.41, 5.74) is 2.75. The van der Waals surface area contributed by atoms with Gasteiger partial charge in [0.05, 0.1) is 11.6 Å². The van der Waals surface area contributed by atoms with E-state index in [1.807, 2.05) is 34.9 Å². The third-order valence-electron chi connectivity index (χ3n) is 3.26. The standard InChI is InChI=1S/C14H11BrClN3S/c1-8(10-4-2-3-5-11(10)16)19-13-12(18-14(19)20)6-9(15)7-17-13/h2-8H,1H3,(H,18,20). The number of hydrogen-bond acceptors (Lipinski definition) is 2. The molecule has 2 heterocycles. The van der Waals surface area contributed by atoms with E-state index in [9.17, 15) is 0 Å². The topological polar surface area (TPSA) is 33.6 Å².